The maximum absolute atomic E-state index is 11.0. The smallest absolute Gasteiger partial charge is 0.331 e. The number of carbonyl (C=O) groups is 1. The normalized spacial score (nSPS) is 16.8. The van der Waals surface area contributed by atoms with Crippen LogP contribution in [-0.4, -0.2) is 36.9 Å². The second kappa shape index (κ2) is 7.10. The molecule has 17 heavy (non-hydrogen) atoms. The second-order valence-corrected chi connectivity index (χ2v) is 6.44. The van der Waals surface area contributed by atoms with Crippen molar-refractivity contribution in [3.05, 3.63) is 12.2 Å². The number of carboxylic acids is 1. The lowest BCUT2D eigenvalue weighted by Crippen LogP contribution is -2.42. The van der Waals surface area contributed by atoms with Gasteiger partial charge in [0.15, 0.2) is 19.5 Å². The summed E-state index contributed by atoms with van der Waals surface area (Å²) in [4.78, 5) is 11.0. The molecule has 0 aliphatic carbocycles. The summed E-state index contributed by atoms with van der Waals surface area (Å²) >= 11 is 0. The highest BCUT2D eigenvalue weighted by atomic mass is 28.2. The summed E-state index contributed by atoms with van der Waals surface area (Å²) in [6.07, 6.45) is -0.304. The summed E-state index contributed by atoms with van der Waals surface area (Å²) in [5.41, 5.74) is -0.163. The quantitative estimate of drug-likeness (QED) is 0.407. The fourth-order valence-electron chi connectivity index (χ4n) is 1.62. The van der Waals surface area contributed by atoms with Crippen LogP contribution in [0.4, 0.5) is 0 Å². The number of carboxylic acid groups (broad SMARTS) is 1. The molecule has 1 N–H and O–H groups in total. The van der Waals surface area contributed by atoms with Crippen molar-refractivity contribution in [1.29, 1.82) is 0 Å². The SMILES string of the molecule is C=C(C(=O)O)C(C)C(C)(C)C(O[SiH2]C)O[SiH2]C. The Balaban J connectivity index is 4.91. The third kappa shape index (κ3) is 4.38. The van der Waals surface area contributed by atoms with Gasteiger partial charge in [0.2, 0.25) is 0 Å². The molecule has 0 aromatic carbocycles. The van der Waals surface area contributed by atoms with Gasteiger partial charge in [-0.1, -0.05) is 40.4 Å². The first-order valence-corrected chi connectivity index (χ1v) is 9.92. The summed E-state index contributed by atoms with van der Waals surface area (Å²) in [7, 11) is -1.18. The topological polar surface area (TPSA) is 55.8 Å². The van der Waals surface area contributed by atoms with Gasteiger partial charge in [0, 0.05) is 11.0 Å². The zero-order valence-corrected chi connectivity index (χ0v) is 14.3. The fourth-order valence-corrected chi connectivity index (χ4v) is 3.47. The van der Waals surface area contributed by atoms with Crippen LogP contribution in [0.25, 0.3) is 0 Å². The average molecular weight is 276 g/mol. The minimum absolute atomic E-state index is 0.189. The predicted octanol–water partition coefficient (Wildman–Crippen LogP) is 0.913. The van der Waals surface area contributed by atoms with Gasteiger partial charge < -0.3 is 14.0 Å². The first-order valence-electron chi connectivity index (χ1n) is 5.94. The van der Waals surface area contributed by atoms with E-state index in [-0.39, 0.29) is 23.2 Å². The van der Waals surface area contributed by atoms with Crippen LogP contribution in [-0.2, 0) is 13.6 Å². The predicted molar refractivity (Wildman–Crippen MR) is 74.5 cm³/mol. The largest absolute Gasteiger partial charge is 0.478 e. The van der Waals surface area contributed by atoms with Gasteiger partial charge in [0.05, 0.1) is 0 Å². The minimum Gasteiger partial charge on any atom is -0.478 e. The van der Waals surface area contributed by atoms with Gasteiger partial charge in [-0.3, -0.25) is 0 Å². The maximum Gasteiger partial charge on any atom is 0.331 e. The highest BCUT2D eigenvalue weighted by Gasteiger charge is 2.38. The standard InChI is InChI=1S/C11H24O4Si2/c1-7(9(12)13)8(2)11(3,4)10(14-16-5)15-17-6/h8,10H,1,16-17H2,2-6H3,(H,12,13). The van der Waals surface area contributed by atoms with Crippen LogP contribution >= 0.6 is 0 Å². The lowest BCUT2D eigenvalue weighted by atomic mass is 9.75. The summed E-state index contributed by atoms with van der Waals surface area (Å²) in [5.74, 6) is -1.14. The van der Waals surface area contributed by atoms with Crippen LogP contribution < -0.4 is 0 Å². The van der Waals surface area contributed by atoms with E-state index in [1.807, 2.05) is 33.9 Å². The van der Waals surface area contributed by atoms with Gasteiger partial charge >= 0.3 is 5.97 Å². The van der Waals surface area contributed by atoms with Crippen LogP contribution in [0.5, 0.6) is 0 Å². The van der Waals surface area contributed by atoms with Crippen molar-refractivity contribution >= 4 is 25.5 Å². The molecule has 0 radical (unpaired) electrons. The Kier molecular flexibility index (Phi) is 6.92. The molecule has 0 bridgehead atoms. The van der Waals surface area contributed by atoms with E-state index < -0.39 is 25.5 Å². The summed E-state index contributed by atoms with van der Waals surface area (Å²) in [6, 6.07) is 0. The molecule has 0 saturated carbocycles. The Labute approximate surface area is 108 Å². The molecule has 0 aliphatic heterocycles. The van der Waals surface area contributed by atoms with Gasteiger partial charge in [-0.05, 0) is 5.92 Å². The highest BCUT2D eigenvalue weighted by Crippen LogP contribution is 2.36. The Morgan fingerprint density at radius 2 is 1.71 bits per heavy atom. The van der Waals surface area contributed by atoms with Gasteiger partial charge in [-0.15, -0.1) is 0 Å². The molecule has 4 nitrogen and oxygen atoms in total. The second-order valence-electron chi connectivity index (χ2n) is 4.62. The van der Waals surface area contributed by atoms with Crippen LogP contribution in [0.15, 0.2) is 12.2 Å². The Hall–Kier alpha value is -0.436. The molecule has 0 rings (SSSR count). The zero-order chi connectivity index (χ0) is 13.6. The molecule has 0 aromatic rings. The van der Waals surface area contributed by atoms with E-state index in [1.165, 1.54) is 0 Å². The van der Waals surface area contributed by atoms with E-state index in [0.29, 0.717) is 0 Å². The highest BCUT2D eigenvalue weighted by molar-refractivity contribution is 6.26. The van der Waals surface area contributed by atoms with Crippen molar-refractivity contribution in [2.45, 2.75) is 40.2 Å². The Morgan fingerprint density at radius 1 is 1.29 bits per heavy atom. The Morgan fingerprint density at radius 3 is 2.00 bits per heavy atom. The Bertz CT molecular complexity index is 273. The van der Waals surface area contributed by atoms with E-state index in [0.717, 1.165) is 0 Å². The number of rotatable bonds is 8. The minimum atomic E-state index is -0.952. The van der Waals surface area contributed by atoms with Crippen LogP contribution in [0.3, 0.4) is 0 Å². The van der Waals surface area contributed by atoms with Crippen molar-refractivity contribution < 1.29 is 18.8 Å². The fraction of sp³-hybridized carbons (Fsp3) is 0.727. The molecule has 100 valence electrons. The van der Waals surface area contributed by atoms with Crippen molar-refractivity contribution in [2.24, 2.45) is 11.3 Å². The van der Waals surface area contributed by atoms with Gasteiger partial charge in [0.25, 0.3) is 0 Å². The van der Waals surface area contributed by atoms with E-state index >= 15 is 0 Å². The molecule has 0 amide bonds. The third-order valence-electron chi connectivity index (χ3n) is 3.16. The molecule has 0 saturated heterocycles. The van der Waals surface area contributed by atoms with Crippen molar-refractivity contribution in [2.75, 3.05) is 0 Å². The molecular weight excluding hydrogens is 252 g/mol. The molecule has 6 heteroatoms. The number of hydrogen-bond donors (Lipinski definition) is 1. The van der Waals surface area contributed by atoms with Crippen molar-refractivity contribution in [3.8, 4) is 0 Å². The summed E-state index contributed by atoms with van der Waals surface area (Å²) in [6.45, 7) is 13.5. The monoisotopic (exact) mass is 276 g/mol. The van der Waals surface area contributed by atoms with E-state index in [2.05, 4.69) is 6.58 Å². The van der Waals surface area contributed by atoms with E-state index in [9.17, 15) is 4.79 Å². The molecule has 0 aliphatic rings. The van der Waals surface area contributed by atoms with E-state index in [4.69, 9.17) is 14.0 Å². The molecular formula is C11H24O4Si2. The zero-order valence-electron chi connectivity index (χ0n) is 11.4. The summed E-state index contributed by atoms with van der Waals surface area (Å²) < 4.78 is 11.4. The first-order chi connectivity index (χ1) is 7.78. The molecule has 0 aromatic heterocycles. The maximum atomic E-state index is 11.0. The third-order valence-corrected chi connectivity index (χ3v) is 4.43. The van der Waals surface area contributed by atoms with Gasteiger partial charge in [-0.2, -0.15) is 0 Å². The van der Waals surface area contributed by atoms with Crippen LogP contribution in [0.2, 0.25) is 13.1 Å². The number of aliphatic carboxylic acids is 1. The molecule has 0 spiro atoms. The molecule has 1 unspecified atom stereocenters. The number of hydrogen-bond acceptors (Lipinski definition) is 3. The van der Waals surface area contributed by atoms with E-state index in [1.54, 1.807) is 0 Å². The van der Waals surface area contributed by atoms with Crippen LogP contribution in [0.1, 0.15) is 20.8 Å². The first kappa shape index (κ1) is 16.6. The average Bonchev–Trinajstić information content (AvgIpc) is 2.26. The molecule has 0 fully saturated rings. The molecule has 1 atom stereocenters. The lowest BCUT2D eigenvalue weighted by Gasteiger charge is -2.39. The van der Waals surface area contributed by atoms with Gasteiger partial charge in [-0.25, -0.2) is 4.79 Å². The lowest BCUT2D eigenvalue weighted by molar-refractivity contribution is -0.135. The molecule has 0 heterocycles. The van der Waals surface area contributed by atoms with Crippen LogP contribution in [0, 0.1) is 11.3 Å². The summed E-state index contributed by atoms with van der Waals surface area (Å²) in [5, 5.41) is 8.99. The van der Waals surface area contributed by atoms with Crippen molar-refractivity contribution in [1.82, 2.24) is 0 Å². The van der Waals surface area contributed by atoms with Crippen molar-refractivity contribution in [3.63, 3.8) is 0 Å². The van der Waals surface area contributed by atoms with Gasteiger partial charge in [0.1, 0.15) is 6.29 Å².